The molecule has 0 spiro atoms. The Morgan fingerprint density at radius 1 is 1.00 bits per heavy atom. The van der Waals surface area contributed by atoms with E-state index in [-0.39, 0.29) is 4.90 Å². The fourth-order valence-electron chi connectivity index (χ4n) is 1.83. The molecule has 0 aliphatic rings. The Kier molecular flexibility index (Phi) is 4.28. The molecule has 0 saturated heterocycles. The summed E-state index contributed by atoms with van der Waals surface area (Å²) in [7, 11) is -2.13. The summed E-state index contributed by atoms with van der Waals surface area (Å²) in [4.78, 5) is 0.184. The van der Waals surface area contributed by atoms with Crippen molar-refractivity contribution in [3.63, 3.8) is 0 Å². The Balaban J connectivity index is 2.49. The largest absolute Gasteiger partial charge is 0.269 e. The van der Waals surface area contributed by atoms with Gasteiger partial charge in [-0.2, -0.15) is 0 Å². The second kappa shape index (κ2) is 5.64. The third kappa shape index (κ3) is 2.77. The first-order valence-corrected chi connectivity index (χ1v) is 8.03. The molecule has 0 unspecified atom stereocenters. The molecule has 3 nitrogen and oxygen atoms in total. The fraction of sp³-hybridized carbons (Fsp3) is 0.143. The number of halogens is 2. The monoisotopic (exact) mass is 329 g/mol. The lowest BCUT2D eigenvalue weighted by Crippen LogP contribution is -2.27. The van der Waals surface area contributed by atoms with Crippen LogP contribution in [0.15, 0.2) is 47.4 Å². The van der Waals surface area contributed by atoms with E-state index in [0.29, 0.717) is 21.3 Å². The van der Waals surface area contributed by atoms with Crippen LogP contribution in [0.4, 0.5) is 5.69 Å². The van der Waals surface area contributed by atoms with Gasteiger partial charge in [0.05, 0.1) is 10.6 Å². The molecule has 0 radical (unpaired) electrons. The van der Waals surface area contributed by atoms with Gasteiger partial charge < -0.3 is 0 Å². The van der Waals surface area contributed by atoms with Gasteiger partial charge >= 0.3 is 0 Å². The fourth-order valence-corrected chi connectivity index (χ4v) is 3.38. The number of anilines is 1. The van der Waals surface area contributed by atoms with Gasteiger partial charge in [0, 0.05) is 17.1 Å². The minimum atomic E-state index is -3.63. The van der Waals surface area contributed by atoms with Crippen molar-refractivity contribution in [2.45, 2.75) is 11.8 Å². The molecule has 106 valence electrons. The summed E-state index contributed by atoms with van der Waals surface area (Å²) in [6, 6.07) is 11.2. The van der Waals surface area contributed by atoms with Crippen LogP contribution in [0.25, 0.3) is 0 Å². The van der Waals surface area contributed by atoms with Gasteiger partial charge in [-0.3, -0.25) is 4.31 Å². The van der Waals surface area contributed by atoms with E-state index < -0.39 is 10.0 Å². The average Bonchev–Trinajstić information content (AvgIpc) is 2.41. The Morgan fingerprint density at radius 2 is 1.60 bits per heavy atom. The number of sulfonamides is 1. The lowest BCUT2D eigenvalue weighted by Gasteiger charge is -2.21. The first-order chi connectivity index (χ1) is 9.34. The second-order valence-corrected chi connectivity index (χ2v) is 7.12. The SMILES string of the molecule is Cc1c(Cl)cccc1N(C)S(=O)(=O)c1ccc(Cl)cc1. The molecule has 0 amide bonds. The zero-order chi connectivity index (χ0) is 14.9. The normalized spacial score (nSPS) is 11.4. The number of hydrogen-bond donors (Lipinski definition) is 0. The molecule has 0 aliphatic carbocycles. The van der Waals surface area contributed by atoms with Gasteiger partial charge in [0.15, 0.2) is 0 Å². The Bertz CT molecular complexity index is 727. The van der Waals surface area contributed by atoms with Crippen LogP contribution in [0, 0.1) is 6.92 Å². The van der Waals surface area contributed by atoms with E-state index in [1.807, 2.05) is 0 Å². The quantitative estimate of drug-likeness (QED) is 0.849. The van der Waals surface area contributed by atoms with E-state index in [1.54, 1.807) is 37.3 Å². The summed E-state index contributed by atoms with van der Waals surface area (Å²) in [6.45, 7) is 1.78. The van der Waals surface area contributed by atoms with Crippen LogP contribution in [0.1, 0.15) is 5.56 Å². The van der Waals surface area contributed by atoms with E-state index in [1.165, 1.54) is 23.5 Å². The van der Waals surface area contributed by atoms with Gasteiger partial charge in [0.2, 0.25) is 0 Å². The highest BCUT2D eigenvalue weighted by Gasteiger charge is 2.22. The molecule has 20 heavy (non-hydrogen) atoms. The third-order valence-electron chi connectivity index (χ3n) is 3.05. The van der Waals surface area contributed by atoms with Crippen LogP contribution in [0.5, 0.6) is 0 Å². The highest BCUT2D eigenvalue weighted by atomic mass is 35.5. The number of benzene rings is 2. The molecule has 0 bridgehead atoms. The molecule has 0 saturated carbocycles. The molecule has 2 aromatic rings. The van der Waals surface area contributed by atoms with Crippen LogP contribution in [-0.4, -0.2) is 15.5 Å². The molecule has 2 rings (SSSR count). The van der Waals surface area contributed by atoms with Gasteiger partial charge in [-0.25, -0.2) is 8.42 Å². The minimum Gasteiger partial charge on any atom is -0.269 e. The Morgan fingerprint density at radius 3 is 2.20 bits per heavy atom. The average molecular weight is 330 g/mol. The molecule has 0 heterocycles. The minimum absolute atomic E-state index is 0.184. The molecular weight excluding hydrogens is 317 g/mol. The van der Waals surface area contributed by atoms with E-state index in [0.717, 1.165) is 0 Å². The molecule has 0 N–H and O–H groups in total. The summed E-state index contributed by atoms with van der Waals surface area (Å²) < 4.78 is 26.3. The second-order valence-electron chi connectivity index (χ2n) is 4.31. The van der Waals surface area contributed by atoms with Crippen LogP contribution >= 0.6 is 23.2 Å². The maximum absolute atomic E-state index is 12.5. The smallest absolute Gasteiger partial charge is 0.264 e. The number of hydrogen-bond acceptors (Lipinski definition) is 2. The highest BCUT2D eigenvalue weighted by molar-refractivity contribution is 7.92. The Hall–Kier alpha value is -1.23. The van der Waals surface area contributed by atoms with Crippen LogP contribution in [-0.2, 0) is 10.0 Å². The number of nitrogens with zero attached hydrogens (tertiary/aromatic N) is 1. The van der Waals surface area contributed by atoms with Crippen molar-refractivity contribution in [3.05, 3.63) is 58.1 Å². The predicted molar refractivity (Wildman–Crippen MR) is 83.2 cm³/mol. The van der Waals surface area contributed by atoms with E-state index in [4.69, 9.17) is 23.2 Å². The molecule has 0 aliphatic heterocycles. The zero-order valence-corrected chi connectivity index (χ0v) is 13.3. The lowest BCUT2D eigenvalue weighted by molar-refractivity contribution is 0.594. The van der Waals surface area contributed by atoms with Gasteiger partial charge in [0.1, 0.15) is 0 Å². The lowest BCUT2D eigenvalue weighted by atomic mass is 10.2. The van der Waals surface area contributed by atoms with Crippen LogP contribution < -0.4 is 4.31 Å². The standard InChI is InChI=1S/C14H13Cl2NO2S/c1-10-13(16)4-3-5-14(10)17(2)20(18,19)12-8-6-11(15)7-9-12/h3-9H,1-2H3. The Labute approximate surface area is 128 Å². The molecular formula is C14H13Cl2NO2S. The maximum atomic E-state index is 12.5. The summed E-state index contributed by atoms with van der Waals surface area (Å²) >= 11 is 11.8. The van der Waals surface area contributed by atoms with E-state index in [9.17, 15) is 8.42 Å². The third-order valence-corrected chi connectivity index (χ3v) is 5.50. The number of rotatable bonds is 3. The predicted octanol–water partition coefficient (Wildman–Crippen LogP) is 4.13. The summed E-state index contributed by atoms with van der Waals surface area (Å²) in [6.07, 6.45) is 0. The van der Waals surface area contributed by atoms with Gasteiger partial charge in [-0.05, 0) is 48.9 Å². The summed E-state index contributed by atoms with van der Waals surface area (Å²) in [5, 5.41) is 1.02. The van der Waals surface area contributed by atoms with Crippen molar-refractivity contribution in [3.8, 4) is 0 Å². The summed E-state index contributed by atoms with van der Waals surface area (Å²) in [5.41, 5.74) is 1.27. The van der Waals surface area contributed by atoms with Crippen molar-refractivity contribution in [2.75, 3.05) is 11.4 Å². The van der Waals surface area contributed by atoms with Gasteiger partial charge in [-0.1, -0.05) is 29.3 Å². The molecule has 0 atom stereocenters. The van der Waals surface area contributed by atoms with Crippen molar-refractivity contribution >= 4 is 38.9 Å². The maximum Gasteiger partial charge on any atom is 0.264 e. The first kappa shape index (κ1) is 15.2. The molecule has 6 heteroatoms. The van der Waals surface area contributed by atoms with Crippen molar-refractivity contribution in [1.29, 1.82) is 0 Å². The molecule has 0 aromatic heterocycles. The van der Waals surface area contributed by atoms with E-state index >= 15 is 0 Å². The highest BCUT2D eigenvalue weighted by Crippen LogP contribution is 2.29. The van der Waals surface area contributed by atoms with E-state index in [2.05, 4.69) is 0 Å². The molecule has 0 fully saturated rings. The van der Waals surface area contributed by atoms with Gasteiger partial charge in [0.25, 0.3) is 10.0 Å². The van der Waals surface area contributed by atoms with Crippen molar-refractivity contribution in [2.24, 2.45) is 0 Å². The van der Waals surface area contributed by atoms with Crippen molar-refractivity contribution in [1.82, 2.24) is 0 Å². The topological polar surface area (TPSA) is 37.4 Å². The first-order valence-electron chi connectivity index (χ1n) is 5.83. The zero-order valence-electron chi connectivity index (χ0n) is 11.0. The summed E-state index contributed by atoms with van der Waals surface area (Å²) in [5.74, 6) is 0. The van der Waals surface area contributed by atoms with Crippen LogP contribution in [0.3, 0.4) is 0 Å². The van der Waals surface area contributed by atoms with Gasteiger partial charge in [-0.15, -0.1) is 0 Å². The van der Waals surface area contributed by atoms with Crippen LogP contribution in [0.2, 0.25) is 10.0 Å². The van der Waals surface area contributed by atoms with Crippen molar-refractivity contribution < 1.29 is 8.42 Å². The molecule has 2 aromatic carbocycles.